The summed E-state index contributed by atoms with van der Waals surface area (Å²) in [6.45, 7) is 3.18. The second kappa shape index (κ2) is 5.93. The number of hydrogen-bond acceptors (Lipinski definition) is 5. The van der Waals surface area contributed by atoms with E-state index in [1.807, 2.05) is 6.07 Å². The van der Waals surface area contributed by atoms with E-state index in [1.165, 1.54) is 13.5 Å². The maximum absolute atomic E-state index is 11.6. The van der Waals surface area contributed by atoms with E-state index in [2.05, 4.69) is 17.3 Å². The molecule has 0 amide bonds. The molecule has 5 nitrogen and oxygen atoms in total. The van der Waals surface area contributed by atoms with Crippen LogP contribution in [-0.2, 0) is 4.74 Å². The second-order valence-corrected chi connectivity index (χ2v) is 5.09. The number of carbonyl (C=O) groups is 1. The summed E-state index contributed by atoms with van der Waals surface area (Å²) < 4.78 is 4.71. The van der Waals surface area contributed by atoms with Crippen LogP contribution in [0.4, 0.5) is 11.4 Å². The first kappa shape index (κ1) is 13.7. The van der Waals surface area contributed by atoms with E-state index in [9.17, 15) is 4.79 Å². The van der Waals surface area contributed by atoms with Gasteiger partial charge < -0.3 is 20.7 Å². The topological polar surface area (TPSA) is 67.6 Å². The average Bonchev–Trinajstić information content (AvgIpc) is 2.83. The molecule has 1 aliphatic rings. The third-order valence-corrected chi connectivity index (χ3v) is 3.54. The highest BCUT2D eigenvalue weighted by Gasteiger charge is 2.19. The maximum atomic E-state index is 11.6. The fourth-order valence-corrected chi connectivity index (χ4v) is 2.41. The molecule has 1 aliphatic heterocycles. The van der Waals surface area contributed by atoms with Crippen molar-refractivity contribution < 1.29 is 9.53 Å². The largest absolute Gasteiger partial charge is 0.465 e. The van der Waals surface area contributed by atoms with Gasteiger partial charge in [-0.2, -0.15) is 0 Å². The van der Waals surface area contributed by atoms with Crippen LogP contribution in [0.2, 0.25) is 0 Å². The normalized spacial score (nSPS) is 19.4. The first-order valence-corrected chi connectivity index (χ1v) is 6.50. The Morgan fingerprint density at radius 3 is 3.00 bits per heavy atom. The van der Waals surface area contributed by atoms with Crippen LogP contribution in [0.3, 0.4) is 0 Å². The van der Waals surface area contributed by atoms with Gasteiger partial charge >= 0.3 is 5.97 Å². The first-order valence-electron chi connectivity index (χ1n) is 6.50. The zero-order valence-electron chi connectivity index (χ0n) is 11.5. The van der Waals surface area contributed by atoms with Crippen LogP contribution in [-0.4, -0.2) is 44.7 Å². The molecule has 1 unspecified atom stereocenters. The standard InChI is InChI=1S/C14H21N3O2/c1-17-6-5-10(9-17)8-16-11-3-4-13(15)12(7-11)14(18)19-2/h3-4,7,10,16H,5-6,8-9,15H2,1-2H3. The summed E-state index contributed by atoms with van der Waals surface area (Å²) in [4.78, 5) is 13.9. The number of anilines is 2. The summed E-state index contributed by atoms with van der Waals surface area (Å²) in [5.74, 6) is 0.255. The smallest absolute Gasteiger partial charge is 0.340 e. The number of nitrogens with zero attached hydrogens (tertiary/aromatic N) is 1. The monoisotopic (exact) mass is 263 g/mol. The molecule has 1 aromatic carbocycles. The van der Waals surface area contributed by atoms with E-state index in [1.54, 1.807) is 12.1 Å². The Kier molecular flexibility index (Phi) is 4.27. The lowest BCUT2D eigenvalue weighted by molar-refractivity contribution is 0.0602. The van der Waals surface area contributed by atoms with Crippen molar-refractivity contribution in [3.05, 3.63) is 23.8 Å². The highest BCUT2D eigenvalue weighted by molar-refractivity contribution is 5.96. The fourth-order valence-electron chi connectivity index (χ4n) is 2.41. The zero-order chi connectivity index (χ0) is 13.8. The van der Waals surface area contributed by atoms with Crippen molar-refractivity contribution in [2.45, 2.75) is 6.42 Å². The van der Waals surface area contributed by atoms with Crippen LogP contribution in [0.5, 0.6) is 0 Å². The highest BCUT2D eigenvalue weighted by Crippen LogP contribution is 2.20. The number of nitrogens with two attached hydrogens (primary N) is 1. The summed E-state index contributed by atoms with van der Waals surface area (Å²) in [7, 11) is 3.49. The van der Waals surface area contributed by atoms with Gasteiger partial charge in [0.25, 0.3) is 0 Å². The number of hydrogen-bond donors (Lipinski definition) is 2. The fraction of sp³-hybridized carbons (Fsp3) is 0.500. The minimum absolute atomic E-state index is 0.401. The SMILES string of the molecule is COC(=O)c1cc(NCC2CCN(C)C2)ccc1N. The van der Waals surface area contributed by atoms with E-state index >= 15 is 0 Å². The van der Waals surface area contributed by atoms with Gasteiger partial charge in [-0.15, -0.1) is 0 Å². The van der Waals surface area contributed by atoms with Crippen molar-refractivity contribution in [2.75, 3.05) is 44.8 Å². The Morgan fingerprint density at radius 2 is 2.37 bits per heavy atom. The van der Waals surface area contributed by atoms with Crippen molar-refractivity contribution in [2.24, 2.45) is 5.92 Å². The molecule has 2 rings (SSSR count). The van der Waals surface area contributed by atoms with Gasteiger partial charge in [-0.25, -0.2) is 4.79 Å². The Morgan fingerprint density at radius 1 is 1.58 bits per heavy atom. The number of likely N-dealkylation sites (tertiary alicyclic amines) is 1. The Hall–Kier alpha value is -1.75. The van der Waals surface area contributed by atoms with Gasteiger partial charge in [0.05, 0.1) is 12.7 Å². The van der Waals surface area contributed by atoms with Crippen molar-refractivity contribution in [3.8, 4) is 0 Å². The molecule has 5 heteroatoms. The number of benzene rings is 1. The summed E-state index contributed by atoms with van der Waals surface area (Å²) in [6.07, 6.45) is 1.21. The van der Waals surface area contributed by atoms with E-state index in [0.717, 1.165) is 25.3 Å². The number of esters is 1. The van der Waals surface area contributed by atoms with Crippen molar-refractivity contribution in [3.63, 3.8) is 0 Å². The average molecular weight is 263 g/mol. The molecule has 0 bridgehead atoms. The number of nitrogens with one attached hydrogen (secondary N) is 1. The van der Waals surface area contributed by atoms with Gasteiger partial charge in [-0.3, -0.25) is 0 Å². The molecule has 0 aliphatic carbocycles. The molecular formula is C14H21N3O2. The number of rotatable bonds is 4. The molecule has 104 valence electrons. The minimum Gasteiger partial charge on any atom is -0.465 e. The summed E-state index contributed by atoms with van der Waals surface area (Å²) >= 11 is 0. The van der Waals surface area contributed by atoms with E-state index in [-0.39, 0.29) is 0 Å². The molecule has 1 fully saturated rings. The van der Waals surface area contributed by atoms with Crippen molar-refractivity contribution in [1.29, 1.82) is 0 Å². The summed E-state index contributed by atoms with van der Waals surface area (Å²) in [5, 5.41) is 3.36. The second-order valence-electron chi connectivity index (χ2n) is 5.09. The zero-order valence-corrected chi connectivity index (χ0v) is 11.5. The molecule has 19 heavy (non-hydrogen) atoms. The summed E-state index contributed by atoms with van der Waals surface area (Å²) in [6, 6.07) is 5.37. The molecule has 1 saturated heterocycles. The lowest BCUT2D eigenvalue weighted by atomic mass is 10.1. The van der Waals surface area contributed by atoms with Crippen LogP contribution in [0.1, 0.15) is 16.8 Å². The molecule has 0 spiro atoms. The number of nitrogen functional groups attached to an aromatic ring is 1. The molecule has 0 aromatic heterocycles. The van der Waals surface area contributed by atoms with E-state index < -0.39 is 5.97 Å². The van der Waals surface area contributed by atoms with Gasteiger partial charge in [0.1, 0.15) is 0 Å². The molecule has 1 heterocycles. The third-order valence-electron chi connectivity index (χ3n) is 3.54. The molecule has 0 radical (unpaired) electrons. The van der Waals surface area contributed by atoms with Gasteiger partial charge in [-0.1, -0.05) is 0 Å². The predicted molar refractivity (Wildman–Crippen MR) is 76.3 cm³/mol. The van der Waals surface area contributed by atoms with Gasteiger partial charge in [0, 0.05) is 24.5 Å². The molecule has 0 saturated carbocycles. The maximum Gasteiger partial charge on any atom is 0.340 e. The van der Waals surface area contributed by atoms with Crippen LogP contribution in [0.15, 0.2) is 18.2 Å². The Labute approximate surface area is 113 Å². The summed E-state index contributed by atoms with van der Waals surface area (Å²) in [5.41, 5.74) is 7.53. The van der Waals surface area contributed by atoms with Gasteiger partial charge in [0.2, 0.25) is 0 Å². The molecule has 1 atom stereocenters. The highest BCUT2D eigenvalue weighted by atomic mass is 16.5. The molecule has 1 aromatic rings. The Bertz CT molecular complexity index is 462. The van der Waals surface area contributed by atoms with Crippen LogP contribution in [0, 0.1) is 5.92 Å². The van der Waals surface area contributed by atoms with Gasteiger partial charge in [-0.05, 0) is 44.1 Å². The van der Waals surface area contributed by atoms with Crippen LogP contribution in [0.25, 0.3) is 0 Å². The predicted octanol–water partition coefficient (Wildman–Crippen LogP) is 1.42. The Balaban J connectivity index is 1.99. The number of methoxy groups -OCH3 is 1. The number of ether oxygens (including phenoxy) is 1. The van der Waals surface area contributed by atoms with Crippen LogP contribution < -0.4 is 11.1 Å². The first-order chi connectivity index (χ1) is 9.10. The lowest BCUT2D eigenvalue weighted by Crippen LogP contribution is -2.19. The van der Waals surface area contributed by atoms with Crippen molar-refractivity contribution >= 4 is 17.3 Å². The lowest BCUT2D eigenvalue weighted by Gasteiger charge is -2.14. The van der Waals surface area contributed by atoms with E-state index in [0.29, 0.717) is 17.2 Å². The quantitative estimate of drug-likeness (QED) is 0.635. The minimum atomic E-state index is -0.401. The van der Waals surface area contributed by atoms with Crippen molar-refractivity contribution in [1.82, 2.24) is 4.90 Å². The third kappa shape index (κ3) is 3.38. The number of carbonyl (C=O) groups excluding carboxylic acids is 1. The molecule has 3 N–H and O–H groups in total. The van der Waals surface area contributed by atoms with Gasteiger partial charge in [0.15, 0.2) is 0 Å². The van der Waals surface area contributed by atoms with Crippen LogP contribution >= 0.6 is 0 Å². The molecular weight excluding hydrogens is 242 g/mol. The van der Waals surface area contributed by atoms with E-state index in [4.69, 9.17) is 10.5 Å².